The molecule has 0 spiro atoms. The van der Waals surface area contributed by atoms with Crippen LogP contribution in [0.5, 0.6) is 5.75 Å². The number of hydrogen-bond donors (Lipinski definition) is 1. The molecule has 2 aromatic rings. The highest BCUT2D eigenvalue weighted by Crippen LogP contribution is 2.19. The van der Waals surface area contributed by atoms with Gasteiger partial charge in [0, 0.05) is 17.7 Å². The summed E-state index contributed by atoms with van der Waals surface area (Å²) in [5, 5.41) is 0. The first-order valence-electron chi connectivity index (χ1n) is 6.62. The van der Waals surface area contributed by atoms with Gasteiger partial charge in [0.05, 0.1) is 7.11 Å². The number of nitrogens with two attached hydrogens (primary N) is 1. The summed E-state index contributed by atoms with van der Waals surface area (Å²) in [7, 11) is 1.62. The number of benzene rings is 2. The number of anilines is 1. The topological polar surface area (TPSA) is 52.3 Å². The molecule has 0 aliphatic rings. The van der Waals surface area contributed by atoms with Crippen LogP contribution in [0.4, 0.5) is 5.69 Å². The minimum atomic E-state index is 0.146. The fourth-order valence-electron chi connectivity index (χ4n) is 2.22. The smallest absolute Gasteiger partial charge is 0.163 e. The second-order valence-electron chi connectivity index (χ2n) is 4.85. The molecule has 0 saturated heterocycles. The van der Waals surface area contributed by atoms with Crippen LogP contribution in [-0.2, 0) is 6.42 Å². The molecule has 0 saturated carbocycles. The average molecular weight is 269 g/mol. The lowest BCUT2D eigenvalue weighted by atomic mass is 9.99. The first-order chi connectivity index (χ1) is 9.60. The van der Waals surface area contributed by atoms with E-state index in [4.69, 9.17) is 10.5 Å². The maximum Gasteiger partial charge on any atom is 0.163 e. The highest BCUT2D eigenvalue weighted by Gasteiger charge is 2.10. The molecule has 0 aliphatic heterocycles. The lowest BCUT2D eigenvalue weighted by Crippen LogP contribution is -2.04. The van der Waals surface area contributed by atoms with Crippen molar-refractivity contribution < 1.29 is 9.53 Å². The van der Waals surface area contributed by atoms with Gasteiger partial charge < -0.3 is 10.5 Å². The number of ketones is 1. The molecule has 2 N–H and O–H groups in total. The van der Waals surface area contributed by atoms with Crippen molar-refractivity contribution in [2.75, 3.05) is 12.8 Å². The van der Waals surface area contributed by atoms with Gasteiger partial charge in [0.15, 0.2) is 5.78 Å². The van der Waals surface area contributed by atoms with E-state index in [2.05, 4.69) is 0 Å². The van der Waals surface area contributed by atoms with E-state index in [1.165, 1.54) is 0 Å². The highest BCUT2D eigenvalue weighted by molar-refractivity contribution is 5.97. The molecule has 2 rings (SSSR count). The number of carbonyl (C=O) groups is 1. The molecule has 0 radical (unpaired) electrons. The third-order valence-corrected chi connectivity index (χ3v) is 3.33. The standard InChI is InChI=1S/C17H19NO2/c1-12-10-15(20-2)7-8-16(12)17(19)9-6-13-4-3-5-14(18)11-13/h3-5,7-8,10-11H,6,9,18H2,1-2H3. The average Bonchev–Trinajstić information content (AvgIpc) is 2.44. The van der Waals surface area contributed by atoms with Gasteiger partial charge in [0.25, 0.3) is 0 Å². The number of Topliss-reactive ketones (excluding diaryl/α,β-unsaturated/α-hetero) is 1. The Hall–Kier alpha value is -2.29. The van der Waals surface area contributed by atoms with Crippen molar-refractivity contribution in [2.45, 2.75) is 19.8 Å². The van der Waals surface area contributed by atoms with Gasteiger partial charge in [-0.1, -0.05) is 12.1 Å². The van der Waals surface area contributed by atoms with Crippen LogP contribution in [0.15, 0.2) is 42.5 Å². The summed E-state index contributed by atoms with van der Waals surface area (Å²) < 4.78 is 5.15. The quantitative estimate of drug-likeness (QED) is 0.668. The SMILES string of the molecule is COc1ccc(C(=O)CCc2cccc(N)c2)c(C)c1. The number of hydrogen-bond acceptors (Lipinski definition) is 3. The second kappa shape index (κ2) is 6.24. The van der Waals surface area contributed by atoms with E-state index in [1.54, 1.807) is 7.11 Å². The molecule has 0 amide bonds. The van der Waals surface area contributed by atoms with E-state index >= 15 is 0 Å². The first kappa shape index (κ1) is 14.1. The van der Waals surface area contributed by atoms with Gasteiger partial charge >= 0.3 is 0 Å². The summed E-state index contributed by atoms with van der Waals surface area (Å²) >= 11 is 0. The van der Waals surface area contributed by atoms with Crippen LogP contribution in [0.3, 0.4) is 0 Å². The van der Waals surface area contributed by atoms with Crippen molar-refractivity contribution in [1.29, 1.82) is 0 Å². The monoisotopic (exact) mass is 269 g/mol. The summed E-state index contributed by atoms with van der Waals surface area (Å²) in [5.41, 5.74) is 9.26. The van der Waals surface area contributed by atoms with Gasteiger partial charge in [-0.05, 0) is 54.8 Å². The van der Waals surface area contributed by atoms with E-state index in [1.807, 2.05) is 49.4 Å². The third-order valence-electron chi connectivity index (χ3n) is 3.33. The lowest BCUT2D eigenvalue weighted by molar-refractivity contribution is 0.0982. The van der Waals surface area contributed by atoms with Crippen LogP contribution in [0.1, 0.15) is 27.9 Å². The van der Waals surface area contributed by atoms with Crippen LogP contribution >= 0.6 is 0 Å². The molecular weight excluding hydrogens is 250 g/mol. The molecule has 0 fully saturated rings. The Morgan fingerprint density at radius 1 is 1.20 bits per heavy atom. The zero-order valence-electron chi connectivity index (χ0n) is 11.8. The maximum atomic E-state index is 12.3. The predicted octanol–water partition coefficient (Wildman–Crippen LogP) is 3.40. The normalized spacial score (nSPS) is 10.3. The fraction of sp³-hybridized carbons (Fsp3) is 0.235. The van der Waals surface area contributed by atoms with Crippen molar-refractivity contribution in [3.8, 4) is 5.75 Å². The Labute approximate surface area is 119 Å². The molecule has 0 atom stereocenters. The van der Waals surface area contributed by atoms with E-state index in [9.17, 15) is 4.79 Å². The summed E-state index contributed by atoms with van der Waals surface area (Å²) in [6.07, 6.45) is 1.19. The summed E-state index contributed by atoms with van der Waals surface area (Å²) in [5.74, 6) is 0.919. The van der Waals surface area contributed by atoms with Crippen molar-refractivity contribution in [3.63, 3.8) is 0 Å². The van der Waals surface area contributed by atoms with E-state index in [0.717, 1.165) is 28.1 Å². The first-order valence-corrected chi connectivity index (χ1v) is 6.62. The summed E-state index contributed by atoms with van der Waals surface area (Å²) in [4.78, 5) is 12.3. The van der Waals surface area contributed by atoms with Crippen molar-refractivity contribution in [2.24, 2.45) is 0 Å². The molecule has 2 aromatic carbocycles. The zero-order valence-corrected chi connectivity index (χ0v) is 11.8. The molecular formula is C17H19NO2. The zero-order chi connectivity index (χ0) is 14.5. The Bertz CT molecular complexity index is 620. The van der Waals surface area contributed by atoms with Crippen LogP contribution in [0, 0.1) is 6.92 Å². The number of nitrogen functional groups attached to an aromatic ring is 1. The molecule has 0 bridgehead atoms. The summed E-state index contributed by atoms with van der Waals surface area (Å²) in [6.45, 7) is 1.93. The fourth-order valence-corrected chi connectivity index (χ4v) is 2.22. The van der Waals surface area contributed by atoms with Gasteiger partial charge in [0.2, 0.25) is 0 Å². The minimum absolute atomic E-state index is 0.146. The van der Waals surface area contributed by atoms with Gasteiger partial charge in [-0.25, -0.2) is 0 Å². The largest absolute Gasteiger partial charge is 0.497 e. The van der Waals surface area contributed by atoms with E-state index in [0.29, 0.717) is 12.8 Å². The van der Waals surface area contributed by atoms with Gasteiger partial charge in [0.1, 0.15) is 5.75 Å². The summed E-state index contributed by atoms with van der Waals surface area (Å²) in [6, 6.07) is 13.2. The molecule has 0 heterocycles. The molecule has 0 aromatic heterocycles. The Morgan fingerprint density at radius 3 is 2.65 bits per heavy atom. The molecule has 20 heavy (non-hydrogen) atoms. The molecule has 3 nitrogen and oxygen atoms in total. The van der Waals surface area contributed by atoms with E-state index < -0.39 is 0 Å². The minimum Gasteiger partial charge on any atom is -0.497 e. The van der Waals surface area contributed by atoms with Gasteiger partial charge in [-0.3, -0.25) is 4.79 Å². The van der Waals surface area contributed by atoms with Crippen LogP contribution in [0.25, 0.3) is 0 Å². The van der Waals surface area contributed by atoms with Crippen LogP contribution in [-0.4, -0.2) is 12.9 Å². The number of rotatable bonds is 5. The third kappa shape index (κ3) is 3.38. The van der Waals surface area contributed by atoms with Crippen LogP contribution in [0.2, 0.25) is 0 Å². The van der Waals surface area contributed by atoms with Gasteiger partial charge in [-0.2, -0.15) is 0 Å². The highest BCUT2D eigenvalue weighted by atomic mass is 16.5. The van der Waals surface area contributed by atoms with Crippen molar-refractivity contribution >= 4 is 11.5 Å². The van der Waals surface area contributed by atoms with Crippen molar-refractivity contribution in [1.82, 2.24) is 0 Å². The number of ether oxygens (including phenoxy) is 1. The Balaban J connectivity index is 2.05. The number of methoxy groups -OCH3 is 1. The molecule has 3 heteroatoms. The molecule has 0 unspecified atom stereocenters. The number of carbonyl (C=O) groups excluding carboxylic acids is 1. The van der Waals surface area contributed by atoms with Crippen molar-refractivity contribution in [3.05, 3.63) is 59.2 Å². The number of aryl methyl sites for hydroxylation is 2. The van der Waals surface area contributed by atoms with E-state index in [-0.39, 0.29) is 5.78 Å². The molecule has 0 aliphatic carbocycles. The Morgan fingerprint density at radius 2 is 2.00 bits per heavy atom. The maximum absolute atomic E-state index is 12.3. The molecule has 104 valence electrons. The lowest BCUT2D eigenvalue weighted by Gasteiger charge is -2.07. The van der Waals surface area contributed by atoms with Crippen LogP contribution < -0.4 is 10.5 Å². The van der Waals surface area contributed by atoms with Gasteiger partial charge in [-0.15, -0.1) is 0 Å². The second-order valence-corrected chi connectivity index (χ2v) is 4.85. The predicted molar refractivity (Wildman–Crippen MR) is 81.2 cm³/mol. The Kier molecular flexibility index (Phi) is 4.41.